The summed E-state index contributed by atoms with van der Waals surface area (Å²) in [6.07, 6.45) is 0. The van der Waals surface area contributed by atoms with E-state index in [1.807, 2.05) is 44.2 Å². The van der Waals surface area contributed by atoms with Crippen molar-refractivity contribution in [1.82, 2.24) is 0 Å². The molecule has 0 N–H and O–H groups in total. The number of rotatable bonds is 2. The summed E-state index contributed by atoms with van der Waals surface area (Å²) in [5.74, 6) is -0.819. The molecule has 0 saturated carbocycles. The summed E-state index contributed by atoms with van der Waals surface area (Å²) in [6.45, 7) is 0. The van der Waals surface area contributed by atoms with Gasteiger partial charge in [0.25, 0.3) is 0 Å². The predicted molar refractivity (Wildman–Crippen MR) is 85.4 cm³/mol. The fourth-order valence-electron chi connectivity index (χ4n) is 2.38. The molecular formula is C18H13BF2. The number of hydrogen-bond acceptors (Lipinski definition) is 0. The summed E-state index contributed by atoms with van der Waals surface area (Å²) < 4.78 is 28.3. The largest absolute Gasteiger partial charge is 0.206 e. The fraction of sp³-hybridized carbons (Fsp3) is 0. The molecule has 0 aliphatic heterocycles. The van der Waals surface area contributed by atoms with Crippen molar-refractivity contribution in [3.05, 3.63) is 78.4 Å². The lowest BCUT2D eigenvalue weighted by Crippen LogP contribution is -2.03. The zero-order valence-electron chi connectivity index (χ0n) is 11.6. The predicted octanol–water partition coefficient (Wildman–Crippen LogP) is 3.56. The van der Waals surface area contributed by atoms with Gasteiger partial charge in [0.15, 0.2) is 0 Å². The van der Waals surface area contributed by atoms with Crippen LogP contribution in [0.25, 0.3) is 22.3 Å². The topological polar surface area (TPSA) is 0 Å². The van der Waals surface area contributed by atoms with Gasteiger partial charge in [-0.3, -0.25) is 0 Å². The minimum absolute atomic E-state index is 0.284. The molecule has 0 heterocycles. The molecule has 0 spiro atoms. The maximum Gasteiger partial charge on any atom is 0.139 e. The molecule has 3 aromatic rings. The lowest BCUT2D eigenvalue weighted by atomic mass is 9.92. The second-order valence-corrected chi connectivity index (χ2v) is 5.04. The van der Waals surface area contributed by atoms with Crippen molar-refractivity contribution < 1.29 is 8.78 Å². The van der Waals surface area contributed by atoms with Crippen LogP contribution in [0.1, 0.15) is 0 Å². The van der Waals surface area contributed by atoms with E-state index in [4.69, 9.17) is 0 Å². The standard InChI is InChI=1S/C18H13BF2/c19-14-7-9-16(18(21)11-14)15-8-6-13(10-17(15)20)12-4-2-1-3-5-12/h1-11H,19H2. The Morgan fingerprint density at radius 2 is 1.24 bits per heavy atom. The van der Waals surface area contributed by atoms with Crippen LogP contribution in [0.3, 0.4) is 0 Å². The number of hydrogen-bond donors (Lipinski definition) is 0. The molecule has 3 heteroatoms. The van der Waals surface area contributed by atoms with E-state index < -0.39 is 11.6 Å². The second-order valence-electron chi connectivity index (χ2n) is 5.04. The molecule has 0 aliphatic carbocycles. The molecule has 0 nitrogen and oxygen atoms in total. The Kier molecular flexibility index (Phi) is 3.57. The Labute approximate surface area is 123 Å². The van der Waals surface area contributed by atoms with Crippen LogP contribution in [0, 0.1) is 11.6 Å². The molecular weight excluding hydrogens is 265 g/mol. The van der Waals surface area contributed by atoms with E-state index in [0.29, 0.717) is 0 Å². The SMILES string of the molecule is Bc1ccc(-c2ccc(-c3ccccc3)cc2F)c(F)c1. The molecule has 0 aromatic heterocycles. The molecule has 0 atom stereocenters. The Morgan fingerprint density at radius 1 is 0.619 bits per heavy atom. The summed E-state index contributed by atoms with van der Waals surface area (Å²) in [4.78, 5) is 0. The third-order valence-corrected chi connectivity index (χ3v) is 3.49. The zero-order valence-corrected chi connectivity index (χ0v) is 11.6. The maximum atomic E-state index is 14.3. The molecule has 0 saturated heterocycles. The summed E-state index contributed by atoms with van der Waals surface area (Å²) in [5.41, 5.74) is 3.11. The van der Waals surface area contributed by atoms with E-state index in [2.05, 4.69) is 0 Å². The van der Waals surface area contributed by atoms with Crippen LogP contribution in [-0.2, 0) is 0 Å². The Hall–Kier alpha value is -2.42. The minimum Gasteiger partial charge on any atom is -0.206 e. The van der Waals surface area contributed by atoms with Crippen LogP contribution in [0.2, 0.25) is 0 Å². The molecule has 0 amide bonds. The summed E-state index contributed by atoms with van der Waals surface area (Å²) in [6, 6.07) is 19.3. The average Bonchev–Trinajstić information content (AvgIpc) is 2.49. The molecule has 0 bridgehead atoms. The van der Waals surface area contributed by atoms with Crippen molar-refractivity contribution in [3.8, 4) is 22.3 Å². The van der Waals surface area contributed by atoms with E-state index in [1.165, 1.54) is 12.1 Å². The summed E-state index contributed by atoms with van der Waals surface area (Å²) in [7, 11) is 1.81. The highest BCUT2D eigenvalue weighted by atomic mass is 19.1. The highest BCUT2D eigenvalue weighted by Gasteiger charge is 2.11. The second kappa shape index (κ2) is 5.53. The van der Waals surface area contributed by atoms with Crippen molar-refractivity contribution >= 4 is 13.3 Å². The third kappa shape index (κ3) is 2.73. The van der Waals surface area contributed by atoms with Crippen molar-refractivity contribution in [2.75, 3.05) is 0 Å². The van der Waals surface area contributed by atoms with Gasteiger partial charge in [0.1, 0.15) is 19.5 Å². The summed E-state index contributed by atoms with van der Waals surface area (Å²) >= 11 is 0. The first kappa shape index (κ1) is 13.6. The van der Waals surface area contributed by atoms with Crippen LogP contribution in [-0.4, -0.2) is 7.85 Å². The van der Waals surface area contributed by atoms with Crippen molar-refractivity contribution in [1.29, 1.82) is 0 Å². The van der Waals surface area contributed by atoms with Crippen molar-refractivity contribution in [3.63, 3.8) is 0 Å². The molecule has 0 radical (unpaired) electrons. The summed E-state index contributed by atoms with van der Waals surface area (Å²) in [5, 5.41) is 0. The van der Waals surface area contributed by atoms with E-state index in [0.717, 1.165) is 16.6 Å². The number of benzene rings is 3. The Morgan fingerprint density at radius 3 is 1.86 bits per heavy atom. The lowest BCUT2D eigenvalue weighted by molar-refractivity contribution is 0.617. The molecule has 0 fully saturated rings. The van der Waals surface area contributed by atoms with Crippen molar-refractivity contribution in [2.45, 2.75) is 0 Å². The highest BCUT2D eigenvalue weighted by molar-refractivity contribution is 6.32. The van der Waals surface area contributed by atoms with Gasteiger partial charge in [0.2, 0.25) is 0 Å². The van der Waals surface area contributed by atoms with Gasteiger partial charge in [0.05, 0.1) is 0 Å². The minimum atomic E-state index is -0.417. The van der Waals surface area contributed by atoms with Gasteiger partial charge in [-0.25, -0.2) is 8.78 Å². The van der Waals surface area contributed by atoms with Gasteiger partial charge in [-0.05, 0) is 23.3 Å². The Bertz CT molecular complexity index is 782. The quantitative estimate of drug-likeness (QED) is 0.629. The average molecular weight is 278 g/mol. The van der Waals surface area contributed by atoms with Crippen LogP contribution in [0.15, 0.2) is 66.7 Å². The van der Waals surface area contributed by atoms with Crippen LogP contribution < -0.4 is 5.46 Å². The van der Waals surface area contributed by atoms with Gasteiger partial charge in [-0.15, -0.1) is 0 Å². The zero-order chi connectivity index (χ0) is 14.8. The van der Waals surface area contributed by atoms with E-state index >= 15 is 0 Å². The smallest absolute Gasteiger partial charge is 0.139 e. The van der Waals surface area contributed by atoms with Crippen LogP contribution in [0.5, 0.6) is 0 Å². The van der Waals surface area contributed by atoms with Crippen LogP contribution in [0.4, 0.5) is 8.78 Å². The van der Waals surface area contributed by atoms with Gasteiger partial charge >= 0.3 is 0 Å². The fourth-order valence-corrected chi connectivity index (χ4v) is 2.38. The molecule has 3 aromatic carbocycles. The van der Waals surface area contributed by atoms with E-state index in [1.54, 1.807) is 18.2 Å². The van der Waals surface area contributed by atoms with Gasteiger partial charge in [0, 0.05) is 11.1 Å². The third-order valence-electron chi connectivity index (χ3n) is 3.49. The van der Waals surface area contributed by atoms with Gasteiger partial charge < -0.3 is 0 Å². The molecule has 21 heavy (non-hydrogen) atoms. The first-order valence-corrected chi connectivity index (χ1v) is 6.76. The van der Waals surface area contributed by atoms with E-state index in [-0.39, 0.29) is 11.1 Å². The number of halogens is 2. The van der Waals surface area contributed by atoms with Gasteiger partial charge in [-0.1, -0.05) is 60.1 Å². The van der Waals surface area contributed by atoms with Crippen molar-refractivity contribution in [2.24, 2.45) is 0 Å². The lowest BCUT2D eigenvalue weighted by Gasteiger charge is -2.08. The monoisotopic (exact) mass is 278 g/mol. The van der Waals surface area contributed by atoms with Crippen LogP contribution >= 0.6 is 0 Å². The molecule has 0 unspecified atom stereocenters. The van der Waals surface area contributed by atoms with Gasteiger partial charge in [-0.2, -0.15) is 0 Å². The normalized spacial score (nSPS) is 10.6. The molecule has 0 aliphatic rings. The highest BCUT2D eigenvalue weighted by Crippen LogP contribution is 2.29. The first-order valence-electron chi connectivity index (χ1n) is 6.76. The first-order chi connectivity index (χ1) is 10.1. The molecule has 102 valence electrons. The Balaban J connectivity index is 2.06. The molecule has 3 rings (SSSR count). The van der Waals surface area contributed by atoms with E-state index in [9.17, 15) is 8.78 Å². The maximum absolute atomic E-state index is 14.3.